The molecular weight excluding hydrogens is 263 g/mol. The van der Waals surface area contributed by atoms with Crippen LogP contribution >= 0.6 is 0 Å². The van der Waals surface area contributed by atoms with Crippen LogP contribution in [-0.2, 0) is 6.54 Å². The highest BCUT2D eigenvalue weighted by Crippen LogP contribution is 2.25. The van der Waals surface area contributed by atoms with Crippen LogP contribution in [0.2, 0.25) is 0 Å². The Morgan fingerprint density at radius 3 is 2.33 bits per heavy atom. The van der Waals surface area contributed by atoms with E-state index in [4.69, 9.17) is 0 Å². The monoisotopic (exact) mass is 286 g/mol. The van der Waals surface area contributed by atoms with Gasteiger partial charge in [0.25, 0.3) is 0 Å². The highest BCUT2D eigenvalue weighted by atomic mass is 19.1. The zero-order valence-corrected chi connectivity index (χ0v) is 12.9. The van der Waals surface area contributed by atoms with Crippen molar-refractivity contribution in [3.63, 3.8) is 0 Å². The topological polar surface area (TPSA) is 15.3 Å². The fourth-order valence-electron chi connectivity index (χ4n) is 2.27. The number of rotatable bonds is 6. The van der Waals surface area contributed by atoms with Gasteiger partial charge >= 0.3 is 0 Å². The molecule has 0 fully saturated rings. The summed E-state index contributed by atoms with van der Waals surface area (Å²) in [7, 11) is 0. The van der Waals surface area contributed by atoms with Crippen LogP contribution in [0.5, 0.6) is 0 Å². The molecule has 0 heterocycles. The number of nitrogens with zero attached hydrogens (tertiary/aromatic N) is 1. The van der Waals surface area contributed by atoms with Crippen LogP contribution in [-0.4, -0.2) is 12.6 Å². The molecule has 0 saturated carbocycles. The van der Waals surface area contributed by atoms with Crippen molar-refractivity contribution in [2.75, 3.05) is 11.4 Å². The smallest absolute Gasteiger partial charge is 0.125 e. The van der Waals surface area contributed by atoms with Crippen LogP contribution in [0.25, 0.3) is 0 Å². The third-order valence-electron chi connectivity index (χ3n) is 3.40. The Morgan fingerprint density at radius 2 is 1.76 bits per heavy atom. The molecule has 21 heavy (non-hydrogen) atoms. The number of halogens is 1. The molecule has 0 aliphatic heterocycles. The minimum Gasteiger partial charge on any atom is -0.342 e. The molecule has 0 saturated heterocycles. The molecule has 2 aromatic rings. The lowest BCUT2D eigenvalue weighted by Crippen LogP contribution is -2.22. The van der Waals surface area contributed by atoms with Crippen LogP contribution in [0, 0.1) is 5.82 Å². The summed E-state index contributed by atoms with van der Waals surface area (Å²) in [5.41, 5.74) is 3.21. The minimum absolute atomic E-state index is 0.205. The number of anilines is 2. The molecule has 2 nitrogen and oxygen atoms in total. The van der Waals surface area contributed by atoms with Gasteiger partial charge < -0.3 is 10.2 Å². The standard InChI is InChI=1S/C18H23FN2/c1-4-21(18-7-5-6-16(19)12-18)17-10-8-15(9-11-17)13-20-14(2)3/h5-12,14,20H,4,13H2,1-3H3. The van der Waals surface area contributed by atoms with E-state index in [-0.39, 0.29) is 5.82 Å². The fourth-order valence-corrected chi connectivity index (χ4v) is 2.27. The summed E-state index contributed by atoms with van der Waals surface area (Å²) in [6, 6.07) is 15.6. The van der Waals surface area contributed by atoms with Gasteiger partial charge in [0.1, 0.15) is 5.82 Å². The zero-order valence-electron chi connectivity index (χ0n) is 12.9. The number of hydrogen-bond acceptors (Lipinski definition) is 2. The first-order chi connectivity index (χ1) is 10.1. The van der Waals surface area contributed by atoms with Crippen LogP contribution in [0.1, 0.15) is 26.3 Å². The molecule has 112 valence electrons. The predicted molar refractivity (Wildman–Crippen MR) is 87.5 cm³/mol. The molecule has 2 aromatic carbocycles. The van der Waals surface area contributed by atoms with Gasteiger partial charge in [-0.1, -0.05) is 32.0 Å². The maximum atomic E-state index is 13.4. The molecule has 1 N–H and O–H groups in total. The molecule has 0 amide bonds. The van der Waals surface area contributed by atoms with Gasteiger partial charge in [0, 0.05) is 30.5 Å². The summed E-state index contributed by atoms with van der Waals surface area (Å²) in [5, 5.41) is 3.40. The van der Waals surface area contributed by atoms with Gasteiger partial charge in [0.15, 0.2) is 0 Å². The van der Waals surface area contributed by atoms with Crippen molar-refractivity contribution in [1.29, 1.82) is 0 Å². The van der Waals surface area contributed by atoms with E-state index in [2.05, 4.69) is 55.3 Å². The zero-order chi connectivity index (χ0) is 15.2. The van der Waals surface area contributed by atoms with Crippen LogP contribution < -0.4 is 10.2 Å². The average Bonchev–Trinajstić information content (AvgIpc) is 2.47. The highest BCUT2D eigenvalue weighted by molar-refractivity contribution is 5.63. The third-order valence-corrected chi connectivity index (χ3v) is 3.40. The van der Waals surface area contributed by atoms with Crippen LogP contribution in [0.3, 0.4) is 0 Å². The summed E-state index contributed by atoms with van der Waals surface area (Å²) in [6.07, 6.45) is 0. The molecule has 0 spiro atoms. The van der Waals surface area contributed by atoms with Gasteiger partial charge in [-0.2, -0.15) is 0 Å². The van der Waals surface area contributed by atoms with Gasteiger partial charge in [0.2, 0.25) is 0 Å². The van der Waals surface area contributed by atoms with Crippen molar-refractivity contribution in [3.05, 3.63) is 59.9 Å². The lowest BCUT2D eigenvalue weighted by molar-refractivity contribution is 0.589. The second-order valence-corrected chi connectivity index (χ2v) is 5.43. The molecule has 3 heteroatoms. The van der Waals surface area contributed by atoms with Gasteiger partial charge in [-0.25, -0.2) is 4.39 Å². The fraction of sp³-hybridized carbons (Fsp3) is 0.333. The third kappa shape index (κ3) is 4.30. The van der Waals surface area contributed by atoms with Crippen molar-refractivity contribution in [1.82, 2.24) is 5.32 Å². The molecule has 2 rings (SSSR count). The molecule has 0 radical (unpaired) electrons. The number of hydrogen-bond donors (Lipinski definition) is 1. The number of benzene rings is 2. The van der Waals surface area contributed by atoms with Gasteiger partial charge in [0.05, 0.1) is 0 Å². The van der Waals surface area contributed by atoms with E-state index in [1.165, 1.54) is 11.6 Å². The van der Waals surface area contributed by atoms with E-state index < -0.39 is 0 Å². The first-order valence-electron chi connectivity index (χ1n) is 7.45. The Balaban J connectivity index is 2.15. The Hall–Kier alpha value is -1.87. The predicted octanol–water partition coefficient (Wildman–Crippen LogP) is 4.48. The molecule has 0 aromatic heterocycles. The highest BCUT2D eigenvalue weighted by Gasteiger charge is 2.08. The van der Waals surface area contributed by atoms with Gasteiger partial charge in [-0.15, -0.1) is 0 Å². The Labute approximate surface area is 126 Å². The minimum atomic E-state index is -0.205. The van der Waals surface area contributed by atoms with E-state index in [0.29, 0.717) is 6.04 Å². The first-order valence-corrected chi connectivity index (χ1v) is 7.45. The van der Waals surface area contributed by atoms with Crippen LogP contribution in [0.4, 0.5) is 15.8 Å². The largest absolute Gasteiger partial charge is 0.342 e. The van der Waals surface area contributed by atoms with E-state index in [1.54, 1.807) is 12.1 Å². The lowest BCUT2D eigenvalue weighted by atomic mass is 10.1. The molecule has 0 unspecified atom stereocenters. The molecule has 0 aliphatic carbocycles. The normalized spacial score (nSPS) is 10.9. The Kier molecular flexibility index (Phi) is 5.34. The quantitative estimate of drug-likeness (QED) is 0.842. The molecule has 0 aliphatic rings. The number of nitrogens with one attached hydrogen (secondary N) is 1. The SMILES string of the molecule is CCN(c1ccc(CNC(C)C)cc1)c1cccc(F)c1. The molecule has 0 atom stereocenters. The molecular formula is C18H23FN2. The second kappa shape index (κ2) is 7.23. The first kappa shape index (κ1) is 15.5. The second-order valence-electron chi connectivity index (χ2n) is 5.43. The maximum Gasteiger partial charge on any atom is 0.125 e. The Bertz CT molecular complexity index is 564. The van der Waals surface area contributed by atoms with E-state index in [1.807, 2.05) is 6.07 Å². The van der Waals surface area contributed by atoms with E-state index in [9.17, 15) is 4.39 Å². The maximum absolute atomic E-state index is 13.4. The lowest BCUT2D eigenvalue weighted by Gasteiger charge is -2.23. The van der Waals surface area contributed by atoms with E-state index in [0.717, 1.165) is 24.5 Å². The van der Waals surface area contributed by atoms with Crippen molar-refractivity contribution in [2.24, 2.45) is 0 Å². The van der Waals surface area contributed by atoms with E-state index >= 15 is 0 Å². The van der Waals surface area contributed by atoms with Crippen LogP contribution in [0.15, 0.2) is 48.5 Å². The summed E-state index contributed by atoms with van der Waals surface area (Å²) < 4.78 is 13.4. The Morgan fingerprint density at radius 1 is 1.05 bits per heavy atom. The summed E-state index contributed by atoms with van der Waals surface area (Å²) in [4.78, 5) is 2.10. The van der Waals surface area contributed by atoms with Crippen molar-refractivity contribution in [3.8, 4) is 0 Å². The van der Waals surface area contributed by atoms with Crippen molar-refractivity contribution in [2.45, 2.75) is 33.4 Å². The van der Waals surface area contributed by atoms with Gasteiger partial charge in [-0.05, 0) is 42.8 Å². The summed E-state index contributed by atoms with van der Waals surface area (Å²) in [5.74, 6) is -0.205. The summed E-state index contributed by atoms with van der Waals surface area (Å²) >= 11 is 0. The van der Waals surface area contributed by atoms with Crippen molar-refractivity contribution >= 4 is 11.4 Å². The average molecular weight is 286 g/mol. The van der Waals surface area contributed by atoms with Crippen molar-refractivity contribution < 1.29 is 4.39 Å². The summed E-state index contributed by atoms with van der Waals surface area (Å²) in [6.45, 7) is 8.00. The van der Waals surface area contributed by atoms with Gasteiger partial charge in [-0.3, -0.25) is 0 Å². The molecule has 0 bridgehead atoms.